The largest absolute Gasteiger partial charge is 0.488 e. The Morgan fingerprint density at radius 2 is 1.97 bits per heavy atom. The highest BCUT2D eigenvalue weighted by Gasteiger charge is 2.31. The molecule has 0 saturated carbocycles. The summed E-state index contributed by atoms with van der Waals surface area (Å²) < 4.78 is 32.5. The van der Waals surface area contributed by atoms with Gasteiger partial charge < -0.3 is 20.1 Å². The van der Waals surface area contributed by atoms with Crippen LogP contribution in [0.4, 0.5) is 14.5 Å². The van der Waals surface area contributed by atoms with Crippen LogP contribution in [-0.2, 0) is 9.59 Å². The molecule has 0 aromatic heterocycles. The van der Waals surface area contributed by atoms with Crippen LogP contribution in [-0.4, -0.2) is 42.1 Å². The summed E-state index contributed by atoms with van der Waals surface area (Å²) in [6, 6.07) is 8.23. The molecule has 1 aliphatic heterocycles. The van der Waals surface area contributed by atoms with E-state index in [9.17, 15) is 18.4 Å². The molecule has 30 heavy (non-hydrogen) atoms. The van der Waals surface area contributed by atoms with Crippen LogP contribution in [0.5, 0.6) is 5.75 Å². The van der Waals surface area contributed by atoms with E-state index < -0.39 is 23.5 Å². The summed E-state index contributed by atoms with van der Waals surface area (Å²) in [6.07, 6.45) is 1.52. The van der Waals surface area contributed by atoms with E-state index in [1.54, 1.807) is 26.1 Å². The average Bonchev–Trinajstić information content (AvgIpc) is 2.71. The van der Waals surface area contributed by atoms with Crippen molar-refractivity contribution < 1.29 is 28.2 Å². The lowest BCUT2D eigenvalue weighted by molar-refractivity contribution is -0.128. The molecule has 1 aliphatic rings. The van der Waals surface area contributed by atoms with Crippen LogP contribution in [0.2, 0.25) is 0 Å². The van der Waals surface area contributed by atoms with Crippen LogP contribution in [0.25, 0.3) is 0 Å². The van der Waals surface area contributed by atoms with E-state index >= 15 is 0 Å². The molecular formula is C22H22F2N2O4. The second-order valence-electron chi connectivity index (χ2n) is 7.02. The summed E-state index contributed by atoms with van der Waals surface area (Å²) in [5, 5.41) is 11.6. The van der Waals surface area contributed by atoms with Crippen molar-refractivity contribution >= 4 is 17.5 Å². The first kappa shape index (κ1) is 21.4. The lowest BCUT2D eigenvalue weighted by atomic mass is 9.85. The Morgan fingerprint density at radius 1 is 1.27 bits per heavy atom. The highest BCUT2D eigenvalue weighted by Crippen LogP contribution is 2.34. The smallest absolute Gasteiger partial charge is 0.253 e. The Bertz CT molecular complexity index is 989. The number of aliphatic hydroxyl groups is 1. The zero-order chi connectivity index (χ0) is 21.8. The average molecular weight is 416 g/mol. The summed E-state index contributed by atoms with van der Waals surface area (Å²) in [5.74, 6) is -2.29. The third kappa shape index (κ3) is 4.65. The van der Waals surface area contributed by atoms with Gasteiger partial charge in [-0.15, -0.1) is 0 Å². The minimum atomic E-state index is -0.606. The molecule has 1 heterocycles. The van der Waals surface area contributed by atoms with Crippen molar-refractivity contribution in [3.05, 3.63) is 70.9 Å². The number of halogens is 2. The van der Waals surface area contributed by atoms with Crippen molar-refractivity contribution in [3.63, 3.8) is 0 Å². The van der Waals surface area contributed by atoms with Crippen molar-refractivity contribution in [2.75, 3.05) is 25.6 Å². The second kappa shape index (κ2) is 9.04. The van der Waals surface area contributed by atoms with Crippen molar-refractivity contribution in [1.29, 1.82) is 0 Å². The monoisotopic (exact) mass is 416 g/mol. The van der Waals surface area contributed by atoms with Crippen molar-refractivity contribution in [3.8, 4) is 5.75 Å². The van der Waals surface area contributed by atoms with Crippen LogP contribution in [0.3, 0.4) is 0 Å². The van der Waals surface area contributed by atoms with Crippen molar-refractivity contribution in [2.24, 2.45) is 0 Å². The molecule has 2 amide bonds. The molecule has 8 heteroatoms. The Hall–Kier alpha value is -3.26. The number of aryl methyl sites for hydroxylation is 1. The van der Waals surface area contributed by atoms with Crippen molar-refractivity contribution in [2.45, 2.75) is 19.3 Å². The summed E-state index contributed by atoms with van der Waals surface area (Å²) in [6.45, 7) is 1.27. The molecule has 0 radical (unpaired) electrons. The highest BCUT2D eigenvalue weighted by atomic mass is 19.1. The third-order valence-corrected chi connectivity index (χ3v) is 4.89. The standard InChI is InChI=1S/C22H22F2N2O4/c1-13-9-18(24)20(30-8-7-27)11-19(13)25-22(29)17-12-26(2)21(28)10-16(17)14-3-5-15(23)6-4-14/h3-6,9,11-12,16,27H,7-8,10H2,1-2H3,(H,25,29). The van der Waals surface area contributed by atoms with Crippen molar-refractivity contribution in [1.82, 2.24) is 4.90 Å². The lowest BCUT2D eigenvalue weighted by Gasteiger charge is -2.28. The lowest BCUT2D eigenvalue weighted by Crippen LogP contribution is -2.33. The molecule has 3 rings (SSSR count). The number of aliphatic hydroxyl groups excluding tert-OH is 1. The Balaban J connectivity index is 1.91. The normalized spacial score (nSPS) is 16.3. The van der Waals surface area contributed by atoms with E-state index in [0.29, 0.717) is 22.4 Å². The van der Waals surface area contributed by atoms with Gasteiger partial charge >= 0.3 is 0 Å². The van der Waals surface area contributed by atoms with Gasteiger partial charge in [-0.2, -0.15) is 0 Å². The molecular weight excluding hydrogens is 394 g/mol. The number of anilines is 1. The molecule has 0 saturated heterocycles. The number of carbonyl (C=O) groups is 2. The van der Waals surface area contributed by atoms with E-state index in [-0.39, 0.29) is 31.3 Å². The van der Waals surface area contributed by atoms with Crippen LogP contribution >= 0.6 is 0 Å². The van der Waals surface area contributed by atoms with Crippen LogP contribution in [0, 0.1) is 18.6 Å². The molecule has 0 bridgehead atoms. The fraction of sp³-hybridized carbons (Fsp3) is 0.273. The van der Waals surface area contributed by atoms with Crippen LogP contribution in [0.15, 0.2) is 48.2 Å². The van der Waals surface area contributed by atoms with Crippen LogP contribution < -0.4 is 10.1 Å². The molecule has 0 aliphatic carbocycles. The molecule has 6 nitrogen and oxygen atoms in total. The van der Waals surface area contributed by atoms with Gasteiger partial charge in [-0.25, -0.2) is 8.78 Å². The van der Waals surface area contributed by atoms with Gasteiger partial charge in [0.25, 0.3) is 5.91 Å². The van der Waals surface area contributed by atoms with Crippen LogP contribution in [0.1, 0.15) is 23.5 Å². The van der Waals surface area contributed by atoms with Gasteiger partial charge in [-0.3, -0.25) is 9.59 Å². The SMILES string of the molecule is Cc1cc(F)c(OCCO)cc1NC(=O)C1=CN(C)C(=O)CC1c1ccc(F)cc1. The third-order valence-electron chi connectivity index (χ3n) is 4.89. The molecule has 1 atom stereocenters. The number of carbonyl (C=O) groups excluding carboxylic acids is 2. The van der Waals surface area contributed by atoms with Gasteiger partial charge in [0, 0.05) is 42.9 Å². The number of rotatable bonds is 6. The molecule has 2 N–H and O–H groups in total. The topological polar surface area (TPSA) is 78.9 Å². The van der Waals surface area contributed by atoms with Gasteiger partial charge in [-0.05, 0) is 36.2 Å². The zero-order valence-corrected chi connectivity index (χ0v) is 16.6. The Morgan fingerprint density at radius 3 is 2.63 bits per heavy atom. The fourth-order valence-corrected chi connectivity index (χ4v) is 3.26. The van der Waals surface area contributed by atoms with Gasteiger partial charge in [0.15, 0.2) is 11.6 Å². The summed E-state index contributed by atoms with van der Waals surface area (Å²) in [5.41, 5.74) is 1.79. The summed E-state index contributed by atoms with van der Waals surface area (Å²) in [7, 11) is 1.56. The maximum Gasteiger partial charge on any atom is 0.253 e. The number of hydrogen-bond donors (Lipinski definition) is 2. The van der Waals surface area contributed by atoms with Gasteiger partial charge in [-0.1, -0.05) is 12.1 Å². The maximum absolute atomic E-state index is 14.1. The first-order chi connectivity index (χ1) is 14.3. The minimum Gasteiger partial charge on any atom is -0.488 e. The minimum absolute atomic E-state index is 0.0641. The van der Waals surface area contributed by atoms with E-state index in [1.165, 1.54) is 35.4 Å². The van der Waals surface area contributed by atoms with Gasteiger partial charge in [0.2, 0.25) is 5.91 Å². The van der Waals surface area contributed by atoms with Gasteiger partial charge in [0.1, 0.15) is 12.4 Å². The molecule has 1 unspecified atom stereocenters. The second-order valence-corrected chi connectivity index (χ2v) is 7.02. The quantitative estimate of drug-likeness (QED) is 0.759. The Labute approximate surface area is 172 Å². The maximum atomic E-state index is 14.1. The zero-order valence-electron chi connectivity index (χ0n) is 16.6. The number of nitrogens with zero attached hydrogens (tertiary/aromatic N) is 1. The molecule has 2 aromatic rings. The number of benzene rings is 2. The van der Waals surface area contributed by atoms with Gasteiger partial charge in [0.05, 0.1) is 6.61 Å². The number of hydrogen-bond acceptors (Lipinski definition) is 4. The predicted molar refractivity (Wildman–Crippen MR) is 107 cm³/mol. The number of nitrogens with one attached hydrogen (secondary N) is 1. The molecule has 2 aromatic carbocycles. The Kier molecular flexibility index (Phi) is 6.47. The number of amides is 2. The molecule has 158 valence electrons. The molecule has 0 fully saturated rings. The number of ether oxygens (including phenoxy) is 1. The first-order valence-corrected chi connectivity index (χ1v) is 9.38. The fourth-order valence-electron chi connectivity index (χ4n) is 3.26. The first-order valence-electron chi connectivity index (χ1n) is 9.38. The summed E-state index contributed by atoms with van der Waals surface area (Å²) in [4.78, 5) is 26.6. The van der Waals surface area contributed by atoms with E-state index in [4.69, 9.17) is 9.84 Å². The summed E-state index contributed by atoms with van der Waals surface area (Å²) >= 11 is 0. The predicted octanol–water partition coefficient (Wildman–Crippen LogP) is 3.11. The highest BCUT2D eigenvalue weighted by molar-refractivity contribution is 6.06. The molecule has 0 spiro atoms. The van der Waals surface area contributed by atoms with E-state index in [1.807, 2.05) is 0 Å². The van der Waals surface area contributed by atoms with E-state index in [0.717, 1.165) is 0 Å². The van der Waals surface area contributed by atoms with E-state index in [2.05, 4.69) is 5.32 Å².